The maximum Gasteiger partial charge on any atom is 0.309 e. The Morgan fingerprint density at radius 3 is 2.56 bits per heavy atom. The summed E-state index contributed by atoms with van der Waals surface area (Å²) in [6, 6.07) is 13.0. The van der Waals surface area contributed by atoms with E-state index in [0.717, 1.165) is 5.56 Å². The summed E-state index contributed by atoms with van der Waals surface area (Å²) in [4.78, 5) is 15.0. The van der Waals surface area contributed by atoms with E-state index in [4.69, 9.17) is 9.84 Å². The number of methoxy groups -OCH3 is 1. The molecule has 0 aliphatic carbocycles. The van der Waals surface area contributed by atoms with Crippen molar-refractivity contribution in [1.82, 2.24) is 4.98 Å². The van der Waals surface area contributed by atoms with Crippen molar-refractivity contribution >= 4 is 5.97 Å². The van der Waals surface area contributed by atoms with Crippen LogP contribution in [-0.2, 0) is 11.2 Å². The first-order valence-corrected chi connectivity index (χ1v) is 5.52. The highest BCUT2D eigenvalue weighted by molar-refractivity contribution is 5.71. The molecule has 92 valence electrons. The lowest BCUT2D eigenvalue weighted by atomic mass is 10.1. The van der Waals surface area contributed by atoms with E-state index in [9.17, 15) is 4.79 Å². The van der Waals surface area contributed by atoms with Crippen LogP contribution in [0.1, 0.15) is 5.69 Å². The first-order chi connectivity index (χ1) is 8.70. The van der Waals surface area contributed by atoms with Gasteiger partial charge >= 0.3 is 5.97 Å². The second-order valence-electron chi connectivity index (χ2n) is 3.79. The van der Waals surface area contributed by atoms with Gasteiger partial charge in [0, 0.05) is 5.56 Å². The van der Waals surface area contributed by atoms with Gasteiger partial charge in [-0.2, -0.15) is 0 Å². The molecule has 1 heterocycles. The molecular weight excluding hydrogens is 230 g/mol. The van der Waals surface area contributed by atoms with Crippen molar-refractivity contribution in [3.8, 4) is 17.0 Å². The molecule has 0 aliphatic heterocycles. The molecule has 0 radical (unpaired) electrons. The fourth-order valence-electron chi connectivity index (χ4n) is 1.71. The summed E-state index contributed by atoms with van der Waals surface area (Å²) in [6.45, 7) is 0. The maximum absolute atomic E-state index is 10.7. The van der Waals surface area contributed by atoms with Gasteiger partial charge in [-0.15, -0.1) is 0 Å². The number of aromatic nitrogens is 1. The number of benzene rings is 1. The van der Waals surface area contributed by atoms with Crippen LogP contribution >= 0.6 is 0 Å². The number of hydrogen-bond donors (Lipinski definition) is 1. The van der Waals surface area contributed by atoms with Gasteiger partial charge in [0.05, 0.1) is 19.2 Å². The molecule has 18 heavy (non-hydrogen) atoms. The van der Waals surface area contributed by atoms with Crippen molar-refractivity contribution in [3.05, 3.63) is 48.2 Å². The van der Waals surface area contributed by atoms with Gasteiger partial charge in [-0.05, 0) is 12.1 Å². The van der Waals surface area contributed by atoms with Crippen molar-refractivity contribution in [3.63, 3.8) is 0 Å². The first kappa shape index (κ1) is 12.1. The van der Waals surface area contributed by atoms with E-state index in [-0.39, 0.29) is 6.42 Å². The Morgan fingerprint density at radius 2 is 1.94 bits per heavy atom. The van der Waals surface area contributed by atoms with Crippen molar-refractivity contribution in [2.24, 2.45) is 0 Å². The summed E-state index contributed by atoms with van der Waals surface area (Å²) < 4.78 is 5.25. The lowest BCUT2D eigenvalue weighted by Gasteiger charge is -2.09. The number of pyridine rings is 1. The van der Waals surface area contributed by atoms with E-state index in [0.29, 0.717) is 17.1 Å². The Bertz CT molecular complexity index is 552. The SMILES string of the molecule is COc1ccc(CC(=O)O)nc1-c1ccccc1. The Labute approximate surface area is 105 Å². The third kappa shape index (κ3) is 2.66. The van der Waals surface area contributed by atoms with Crippen LogP contribution in [0.4, 0.5) is 0 Å². The lowest BCUT2D eigenvalue weighted by Crippen LogP contribution is -2.03. The molecule has 0 spiro atoms. The normalized spacial score (nSPS) is 10.1. The highest BCUT2D eigenvalue weighted by Crippen LogP contribution is 2.27. The van der Waals surface area contributed by atoms with Crippen LogP contribution < -0.4 is 4.74 Å². The molecule has 0 saturated carbocycles. The van der Waals surface area contributed by atoms with Crippen molar-refractivity contribution < 1.29 is 14.6 Å². The van der Waals surface area contributed by atoms with E-state index in [1.165, 1.54) is 0 Å². The third-order valence-corrected chi connectivity index (χ3v) is 2.52. The van der Waals surface area contributed by atoms with Crippen LogP contribution in [0, 0.1) is 0 Å². The molecule has 1 aromatic heterocycles. The van der Waals surface area contributed by atoms with Gasteiger partial charge in [0.2, 0.25) is 0 Å². The van der Waals surface area contributed by atoms with Gasteiger partial charge in [-0.25, -0.2) is 4.98 Å². The number of ether oxygens (including phenoxy) is 1. The Kier molecular flexibility index (Phi) is 3.57. The minimum absolute atomic E-state index is 0.0934. The third-order valence-electron chi connectivity index (χ3n) is 2.52. The zero-order valence-corrected chi connectivity index (χ0v) is 9.96. The number of nitrogens with zero attached hydrogens (tertiary/aromatic N) is 1. The van der Waals surface area contributed by atoms with Crippen LogP contribution in [0.15, 0.2) is 42.5 Å². The highest BCUT2D eigenvalue weighted by atomic mass is 16.5. The smallest absolute Gasteiger partial charge is 0.309 e. The summed E-state index contributed by atoms with van der Waals surface area (Å²) in [5.41, 5.74) is 2.08. The first-order valence-electron chi connectivity index (χ1n) is 5.52. The molecule has 0 atom stereocenters. The average molecular weight is 243 g/mol. The molecule has 1 N–H and O–H groups in total. The average Bonchev–Trinajstić information content (AvgIpc) is 2.39. The highest BCUT2D eigenvalue weighted by Gasteiger charge is 2.10. The summed E-state index contributed by atoms with van der Waals surface area (Å²) in [6.07, 6.45) is -0.0934. The van der Waals surface area contributed by atoms with Crippen LogP contribution in [0.3, 0.4) is 0 Å². The molecule has 2 aromatic rings. The standard InChI is InChI=1S/C14H13NO3/c1-18-12-8-7-11(9-13(16)17)15-14(12)10-5-3-2-4-6-10/h2-8H,9H2,1H3,(H,16,17). The van der Waals surface area contributed by atoms with E-state index in [1.54, 1.807) is 19.2 Å². The molecular formula is C14H13NO3. The monoisotopic (exact) mass is 243 g/mol. The van der Waals surface area contributed by atoms with Crippen LogP contribution in [0.25, 0.3) is 11.3 Å². The molecule has 0 fully saturated rings. The van der Waals surface area contributed by atoms with Gasteiger partial charge in [-0.1, -0.05) is 30.3 Å². The summed E-state index contributed by atoms with van der Waals surface area (Å²) in [5, 5.41) is 8.78. The van der Waals surface area contributed by atoms with E-state index < -0.39 is 5.97 Å². The minimum Gasteiger partial charge on any atom is -0.494 e. The molecule has 0 aliphatic rings. The minimum atomic E-state index is -0.897. The quantitative estimate of drug-likeness (QED) is 0.895. The maximum atomic E-state index is 10.7. The summed E-state index contributed by atoms with van der Waals surface area (Å²) >= 11 is 0. The van der Waals surface area contributed by atoms with E-state index in [2.05, 4.69) is 4.98 Å². The van der Waals surface area contributed by atoms with Crippen LogP contribution in [-0.4, -0.2) is 23.2 Å². The molecule has 0 bridgehead atoms. The molecule has 4 heteroatoms. The van der Waals surface area contributed by atoms with E-state index in [1.807, 2.05) is 30.3 Å². The summed E-state index contributed by atoms with van der Waals surface area (Å²) in [5.74, 6) is -0.262. The Balaban J connectivity index is 2.46. The molecule has 4 nitrogen and oxygen atoms in total. The van der Waals surface area contributed by atoms with Gasteiger partial charge in [0.25, 0.3) is 0 Å². The molecule has 1 aromatic carbocycles. The Morgan fingerprint density at radius 1 is 1.22 bits per heavy atom. The zero-order valence-electron chi connectivity index (χ0n) is 9.96. The predicted molar refractivity (Wildman–Crippen MR) is 67.6 cm³/mol. The molecule has 0 amide bonds. The van der Waals surface area contributed by atoms with Crippen molar-refractivity contribution in [2.45, 2.75) is 6.42 Å². The van der Waals surface area contributed by atoms with Crippen molar-refractivity contribution in [1.29, 1.82) is 0 Å². The predicted octanol–water partition coefficient (Wildman–Crippen LogP) is 2.38. The fraction of sp³-hybridized carbons (Fsp3) is 0.143. The topological polar surface area (TPSA) is 59.4 Å². The number of carboxylic acids is 1. The number of rotatable bonds is 4. The van der Waals surface area contributed by atoms with Gasteiger partial charge in [-0.3, -0.25) is 4.79 Å². The largest absolute Gasteiger partial charge is 0.494 e. The molecule has 0 saturated heterocycles. The Hall–Kier alpha value is -2.36. The molecule has 0 unspecified atom stereocenters. The van der Waals surface area contributed by atoms with E-state index >= 15 is 0 Å². The zero-order chi connectivity index (χ0) is 13.0. The number of carbonyl (C=O) groups is 1. The second-order valence-corrected chi connectivity index (χ2v) is 3.79. The molecule has 2 rings (SSSR count). The number of carboxylic acid groups (broad SMARTS) is 1. The van der Waals surface area contributed by atoms with Gasteiger partial charge < -0.3 is 9.84 Å². The van der Waals surface area contributed by atoms with Crippen LogP contribution in [0.2, 0.25) is 0 Å². The van der Waals surface area contributed by atoms with Gasteiger partial charge in [0.1, 0.15) is 11.4 Å². The second kappa shape index (κ2) is 5.31. The van der Waals surface area contributed by atoms with Crippen molar-refractivity contribution in [2.75, 3.05) is 7.11 Å². The fourth-order valence-corrected chi connectivity index (χ4v) is 1.71. The number of aliphatic carboxylic acids is 1. The van der Waals surface area contributed by atoms with Crippen LogP contribution in [0.5, 0.6) is 5.75 Å². The lowest BCUT2D eigenvalue weighted by molar-refractivity contribution is -0.136. The summed E-state index contributed by atoms with van der Waals surface area (Å²) in [7, 11) is 1.57. The van der Waals surface area contributed by atoms with Gasteiger partial charge in [0.15, 0.2) is 0 Å². The number of hydrogen-bond acceptors (Lipinski definition) is 3.